The Labute approximate surface area is 336 Å². The van der Waals surface area contributed by atoms with Crippen molar-refractivity contribution in [1.82, 2.24) is 19.9 Å². The molecule has 0 radical (unpaired) electrons. The van der Waals surface area contributed by atoms with Gasteiger partial charge in [0, 0.05) is 41.8 Å². The summed E-state index contributed by atoms with van der Waals surface area (Å²) < 4.78 is 118. The molecule has 0 saturated heterocycles. The number of para-hydroxylation sites is 2. The van der Waals surface area contributed by atoms with Crippen LogP contribution in [0.1, 0.15) is 18.3 Å². The Hall–Kier alpha value is -5.23. The number of pyridine rings is 4. The maximum atomic E-state index is 9.87. The second kappa shape index (κ2) is 18.1. The zero-order chi connectivity index (χ0) is 42.5. The molecule has 0 aliphatic carbocycles. The molecule has 0 amide bonds. The molecule has 0 spiro atoms. The van der Waals surface area contributed by atoms with Crippen molar-refractivity contribution in [2.75, 3.05) is 10.6 Å². The summed E-state index contributed by atoms with van der Waals surface area (Å²) in [6.45, 7) is 2.62. The van der Waals surface area contributed by atoms with Gasteiger partial charge in [-0.3, -0.25) is 9.97 Å². The Balaban J connectivity index is 0.000000545. The molecular weight excluding hydrogens is 886 g/mol. The van der Waals surface area contributed by atoms with E-state index in [1.54, 1.807) is 18.5 Å². The van der Waals surface area contributed by atoms with Crippen LogP contribution in [0.3, 0.4) is 0 Å². The number of halogens is 12. The number of anilines is 2. The number of rotatable bonds is 9. The van der Waals surface area contributed by atoms with Crippen molar-refractivity contribution in [3.05, 3.63) is 145 Å². The summed E-state index contributed by atoms with van der Waals surface area (Å²) in [5, 5.41) is 14.5. The fourth-order valence-corrected chi connectivity index (χ4v) is 4.59. The number of aromatic nitrogens is 4. The SMILES string of the molecule is CC#N.F[P-](F)(F)(F)(F)F.F[P-](F)(F)(F)(F)F.[Zn+2].c1ccc(-c2cccc(CNc3ccccc3-c3ccccc3NCc3cccc(-c4ccccn4)n3)n2)nc1. The van der Waals surface area contributed by atoms with E-state index in [0.29, 0.717) is 13.1 Å². The van der Waals surface area contributed by atoms with Crippen LogP contribution < -0.4 is 10.6 Å². The molecule has 58 heavy (non-hydrogen) atoms. The molecule has 0 atom stereocenters. The van der Waals surface area contributed by atoms with Crippen LogP contribution in [0.5, 0.6) is 0 Å². The Morgan fingerprint density at radius 1 is 0.466 bits per heavy atom. The molecule has 4 heterocycles. The Kier molecular flexibility index (Phi) is 15.3. The molecule has 2 N–H and O–H groups in total. The zero-order valence-corrected chi connectivity index (χ0v) is 34.7. The maximum Gasteiger partial charge on any atom is 2.00 e. The smallest absolute Gasteiger partial charge is 0.379 e. The van der Waals surface area contributed by atoms with Crippen LogP contribution in [0, 0.1) is 11.3 Å². The number of benzene rings is 2. The molecular formula is C36H31F12N7P2Zn. The number of hydrogen-bond donors (Lipinski definition) is 2. The molecule has 2 aromatic carbocycles. The minimum atomic E-state index is -10.7. The fraction of sp³-hybridized carbons (Fsp3) is 0.0833. The van der Waals surface area contributed by atoms with Crippen molar-refractivity contribution in [1.29, 1.82) is 5.26 Å². The van der Waals surface area contributed by atoms with Crippen LogP contribution in [0.4, 0.5) is 61.7 Å². The van der Waals surface area contributed by atoms with Crippen LogP contribution >= 0.6 is 15.6 Å². The normalized spacial score (nSPS) is 13.1. The molecule has 0 saturated carbocycles. The Morgan fingerprint density at radius 2 is 0.759 bits per heavy atom. The molecule has 0 unspecified atom stereocenters. The second-order valence-corrected chi connectivity index (χ2v) is 15.2. The summed E-state index contributed by atoms with van der Waals surface area (Å²) >= 11 is 0. The Bertz CT molecular complexity index is 2100. The van der Waals surface area contributed by atoms with E-state index in [-0.39, 0.29) is 19.5 Å². The van der Waals surface area contributed by atoms with Crippen molar-refractivity contribution in [3.8, 4) is 40.0 Å². The number of nitrogens with zero attached hydrogens (tertiary/aromatic N) is 5. The van der Waals surface area contributed by atoms with Crippen molar-refractivity contribution in [2.24, 2.45) is 0 Å². The first-order chi connectivity index (χ1) is 26.1. The van der Waals surface area contributed by atoms with Crippen LogP contribution in [-0.4, -0.2) is 19.9 Å². The van der Waals surface area contributed by atoms with E-state index in [1.807, 2.05) is 84.9 Å². The topological polar surface area (TPSA) is 99.4 Å². The summed E-state index contributed by atoms with van der Waals surface area (Å²) in [5.41, 5.74) is 9.66. The van der Waals surface area contributed by atoms with Gasteiger partial charge < -0.3 is 10.6 Å². The van der Waals surface area contributed by atoms with E-state index in [1.165, 1.54) is 6.92 Å². The second-order valence-electron chi connectivity index (χ2n) is 11.4. The summed E-state index contributed by atoms with van der Waals surface area (Å²) in [5.74, 6) is 0. The van der Waals surface area contributed by atoms with Gasteiger partial charge in [-0.15, -0.1) is 0 Å². The first-order valence-corrected chi connectivity index (χ1v) is 20.1. The average Bonchev–Trinajstić information content (AvgIpc) is 3.12. The van der Waals surface area contributed by atoms with Crippen LogP contribution in [0.2, 0.25) is 0 Å². The third-order valence-electron chi connectivity index (χ3n) is 6.53. The third kappa shape index (κ3) is 22.5. The average molecular weight is 917 g/mol. The summed E-state index contributed by atoms with van der Waals surface area (Å²) in [4.78, 5) is 18.5. The van der Waals surface area contributed by atoms with E-state index in [4.69, 9.17) is 15.2 Å². The van der Waals surface area contributed by atoms with Gasteiger partial charge in [-0.2, -0.15) is 5.26 Å². The van der Waals surface area contributed by atoms with E-state index in [9.17, 15) is 50.4 Å². The van der Waals surface area contributed by atoms with Gasteiger partial charge in [0.2, 0.25) is 0 Å². The van der Waals surface area contributed by atoms with Gasteiger partial charge in [0.15, 0.2) is 0 Å². The predicted octanol–water partition coefficient (Wildman–Crippen LogP) is 14.8. The summed E-state index contributed by atoms with van der Waals surface area (Å²) in [6, 6.07) is 42.3. The van der Waals surface area contributed by atoms with E-state index < -0.39 is 15.6 Å². The minimum Gasteiger partial charge on any atom is -0.379 e. The van der Waals surface area contributed by atoms with Crippen molar-refractivity contribution in [3.63, 3.8) is 0 Å². The predicted molar refractivity (Wildman–Crippen MR) is 200 cm³/mol. The molecule has 0 aliphatic rings. The van der Waals surface area contributed by atoms with Gasteiger partial charge in [-0.25, -0.2) is 9.97 Å². The standard InChI is InChI=1S/C34H28N6.C2H3N.2F6P.Zn/c1-3-15-29(37-23-25-11-9-19-33(39-25)31-17-5-7-21-35-31)27(13-1)28-14-2-4-16-30(28)38-24-26-12-10-20-34(40-26)32-18-6-8-22-36-32;1-2-3;2*1-7(2,3,4,5)6;/h1-22,37-38H,23-24H2;1H3;;;/q;;2*-1;+2. The van der Waals surface area contributed by atoms with Gasteiger partial charge in [-0.1, -0.05) is 60.7 Å². The molecule has 22 heteroatoms. The van der Waals surface area contributed by atoms with Gasteiger partial charge in [0.25, 0.3) is 0 Å². The van der Waals surface area contributed by atoms with Gasteiger partial charge in [0.1, 0.15) is 0 Å². The molecule has 306 valence electrons. The summed E-state index contributed by atoms with van der Waals surface area (Å²) in [7, 11) is -21.3. The van der Waals surface area contributed by atoms with E-state index in [2.05, 4.69) is 57.0 Å². The van der Waals surface area contributed by atoms with Crippen molar-refractivity contribution < 1.29 is 69.8 Å². The van der Waals surface area contributed by atoms with Crippen molar-refractivity contribution in [2.45, 2.75) is 20.0 Å². The Morgan fingerprint density at radius 3 is 1.07 bits per heavy atom. The van der Waals surface area contributed by atoms with Crippen molar-refractivity contribution >= 4 is 27.0 Å². The van der Waals surface area contributed by atoms with E-state index >= 15 is 0 Å². The van der Waals surface area contributed by atoms with Gasteiger partial charge in [-0.05, 0) is 60.7 Å². The molecule has 0 bridgehead atoms. The van der Waals surface area contributed by atoms with Crippen LogP contribution in [0.25, 0.3) is 33.9 Å². The maximum absolute atomic E-state index is 10.7. The number of nitriles is 1. The molecule has 0 fully saturated rings. The third-order valence-corrected chi connectivity index (χ3v) is 6.53. The first kappa shape index (κ1) is 48.9. The molecule has 6 aromatic rings. The minimum absolute atomic E-state index is 0. The largest absolute Gasteiger partial charge is 2.00 e. The van der Waals surface area contributed by atoms with E-state index in [0.717, 1.165) is 56.7 Å². The van der Waals surface area contributed by atoms with Gasteiger partial charge in [0.05, 0.1) is 53.3 Å². The monoisotopic (exact) mass is 915 g/mol. The zero-order valence-electron chi connectivity index (χ0n) is 30.0. The quantitative estimate of drug-likeness (QED) is 0.0846. The molecule has 7 nitrogen and oxygen atoms in total. The molecule has 6 rings (SSSR count). The number of hydrogen-bond acceptors (Lipinski definition) is 7. The van der Waals surface area contributed by atoms with Crippen LogP contribution in [-0.2, 0) is 32.6 Å². The van der Waals surface area contributed by atoms with Gasteiger partial charge >= 0.3 is 85.5 Å². The summed E-state index contributed by atoms with van der Waals surface area (Å²) in [6.07, 6.45) is 3.58. The van der Waals surface area contributed by atoms with Crippen LogP contribution in [0.15, 0.2) is 134 Å². The molecule has 4 aromatic heterocycles. The first-order valence-electron chi connectivity index (χ1n) is 16.0. The number of nitrogens with one attached hydrogen (secondary N) is 2. The fourth-order valence-electron chi connectivity index (χ4n) is 4.59. The molecule has 0 aliphatic heterocycles.